The average Bonchev–Trinajstić information content (AvgIpc) is 2.18. The number of pyridine rings is 1. The van der Waals surface area contributed by atoms with E-state index < -0.39 is 17.3 Å². The van der Waals surface area contributed by atoms with Gasteiger partial charge in [0, 0.05) is 12.7 Å². The lowest BCUT2D eigenvalue weighted by atomic mass is 10.2. The van der Waals surface area contributed by atoms with Gasteiger partial charge in [-0.25, -0.2) is 0 Å². The number of hydrogen-bond acceptors (Lipinski definition) is 2. The van der Waals surface area contributed by atoms with E-state index in [1.807, 2.05) is 0 Å². The van der Waals surface area contributed by atoms with Crippen molar-refractivity contribution in [2.45, 2.75) is 19.1 Å². The standard InChI is InChI=1S/C9H10BrF3N2O/c10-7-4-6(9(11,12)13)5-15(8(7)16)3-1-2-14/h4-5H,1-3,14H2. The number of nitrogens with two attached hydrogens (primary N) is 1. The molecule has 0 amide bonds. The number of aryl methyl sites for hydroxylation is 1. The van der Waals surface area contributed by atoms with Gasteiger partial charge in [0.05, 0.1) is 10.0 Å². The van der Waals surface area contributed by atoms with E-state index in [1.165, 1.54) is 0 Å². The van der Waals surface area contributed by atoms with E-state index in [9.17, 15) is 18.0 Å². The van der Waals surface area contributed by atoms with Crippen LogP contribution in [-0.4, -0.2) is 11.1 Å². The first kappa shape index (κ1) is 13.2. The van der Waals surface area contributed by atoms with Crippen LogP contribution in [0.5, 0.6) is 0 Å². The van der Waals surface area contributed by atoms with E-state index in [1.54, 1.807) is 0 Å². The van der Waals surface area contributed by atoms with Gasteiger partial charge >= 0.3 is 6.18 Å². The van der Waals surface area contributed by atoms with Gasteiger partial charge in [0.15, 0.2) is 0 Å². The second kappa shape index (κ2) is 5.01. The van der Waals surface area contributed by atoms with Crippen LogP contribution in [0.1, 0.15) is 12.0 Å². The van der Waals surface area contributed by atoms with Crippen LogP contribution in [0.25, 0.3) is 0 Å². The van der Waals surface area contributed by atoms with E-state index in [0.29, 0.717) is 13.0 Å². The van der Waals surface area contributed by atoms with Gasteiger partial charge in [-0.3, -0.25) is 4.79 Å². The fourth-order valence-corrected chi connectivity index (χ4v) is 1.66. The van der Waals surface area contributed by atoms with E-state index in [4.69, 9.17) is 5.73 Å². The van der Waals surface area contributed by atoms with Crippen molar-refractivity contribution in [1.29, 1.82) is 0 Å². The molecule has 0 aliphatic carbocycles. The second-order valence-electron chi connectivity index (χ2n) is 3.22. The second-order valence-corrected chi connectivity index (χ2v) is 4.07. The van der Waals surface area contributed by atoms with Crippen molar-refractivity contribution in [3.63, 3.8) is 0 Å². The summed E-state index contributed by atoms with van der Waals surface area (Å²) in [6, 6.07) is 0.779. The molecule has 0 fully saturated rings. The van der Waals surface area contributed by atoms with Crippen molar-refractivity contribution in [2.24, 2.45) is 5.73 Å². The summed E-state index contributed by atoms with van der Waals surface area (Å²) in [6.07, 6.45) is -3.20. The summed E-state index contributed by atoms with van der Waals surface area (Å²) in [5.41, 5.74) is 3.90. The van der Waals surface area contributed by atoms with Crippen LogP contribution in [0.3, 0.4) is 0 Å². The molecule has 0 spiro atoms. The van der Waals surface area contributed by atoms with Crippen LogP contribution in [0.4, 0.5) is 13.2 Å². The van der Waals surface area contributed by atoms with E-state index in [-0.39, 0.29) is 11.0 Å². The monoisotopic (exact) mass is 298 g/mol. The average molecular weight is 299 g/mol. The maximum Gasteiger partial charge on any atom is 0.417 e. The van der Waals surface area contributed by atoms with Crippen LogP contribution in [0, 0.1) is 0 Å². The molecular weight excluding hydrogens is 289 g/mol. The summed E-state index contributed by atoms with van der Waals surface area (Å²) >= 11 is 2.82. The molecular formula is C9H10BrF3N2O. The Balaban J connectivity index is 3.17. The van der Waals surface area contributed by atoms with Gasteiger partial charge in [0.1, 0.15) is 0 Å². The summed E-state index contributed by atoms with van der Waals surface area (Å²) in [5, 5.41) is 0. The van der Waals surface area contributed by atoms with Crippen LogP contribution in [0.2, 0.25) is 0 Å². The molecule has 2 N–H and O–H groups in total. The summed E-state index contributed by atoms with van der Waals surface area (Å²) in [4.78, 5) is 11.5. The molecule has 1 aromatic heterocycles. The Morgan fingerprint density at radius 1 is 1.44 bits per heavy atom. The van der Waals surface area contributed by atoms with Gasteiger partial charge in [-0.05, 0) is 35.0 Å². The predicted octanol–water partition coefficient (Wildman–Crippen LogP) is 1.98. The van der Waals surface area contributed by atoms with Crippen LogP contribution in [-0.2, 0) is 12.7 Å². The zero-order valence-corrected chi connectivity index (χ0v) is 9.81. The highest BCUT2D eigenvalue weighted by Crippen LogP contribution is 2.29. The minimum absolute atomic E-state index is 0.0978. The Bertz CT molecular complexity index is 428. The normalized spacial score (nSPS) is 11.8. The van der Waals surface area contributed by atoms with E-state index in [0.717, 1.165) is 16.8 Å². The fourth-order valence-electron chi connectivity index (χ4n) is 1.18. The molecule has 1 rings (SSSR count). The third-order valence-electron chi connectivity index (χ3n) is 1.97. The maximum atomic E-state index is 12.4. The van der Waals surface area contributed by atoms with Gasteiger partial charge in [0.2, 0.25) is 0 Å². The first-order valence-electron chi connectivity index (χ1n) is 4.53. The molecule has 1 aromatic rings. The maximum absolute atomic E-state index is 12.4. The Kier molecular flexibility index (Phi) is 4.15. The molecule has 0 bridgehead atoms. The van der Waals surface area contributed by atoms with Crippen LogP contribution >= 0.6 is 15.9 Å². The van der Waals surface area contributed by atoms with Crippen LogP contribution in [0.15, 0.2) is 21.5 Å². The Morgan fingerprint density at radius 2 is 2.06 bits per heavy atom. The lowest BCUT2D eigenvalue weighted by Crippen LogP contribution is -2.24. The first-order valence-corrected chi connectivity index (χ1v) is 5.33. The number of halogens is 4. The predicted molar refractivity (Wildman–Crippen MR) is 57.1 cm³/mol. The molecule has 0 aliphatic rings. The zero-order valence-electron chi connectivity index (χ0n) is 8.22. The smallest absolute Gasteiger partial charge is 0.330 e. The third kappa shape index (κ3) is 3.08. The van der Waals surface area contributed by atoms with Gasteiger partial charge in [-0.2, -0.15) is 13.2 Å². The molecule has 0 aliphatic heterocycles. The van der Waals surface area contributed by atoms with Crippen molar-refractivity contribution in [3.05, 3.63) is 32.7 Å². The molecule has 16 heavy (non-hydrogen) atoms. The van der Waals surface area contributed by atoms with E-state index in [2.05, 4.69) is 15.9 Å². The molecule has 90 valence electrons. The Labute approximate surface area is 98.2 Å². The molecule has 0 saturated heterocycles. The van der Waals surface area contributed by atoms with Gasteiger partial charge in [0.25, 0.3) is 5.56 Å². The highest BCUT2D eigenvalue weighted by molar-refractivity contribution is 9.10. The minimum atomic E-state index is -4.46. The minimum Gasteiger partial charge on any atom is -0.330 e. The molecule has 3 nitrogen and oxygen atoms in total. The van der Waals surface area contributed by atoms with Gasteiger partial charge in [-0.1, -0.05) is 0 Å². The molecule has 0 unspecified atom stereocenters. The number of nitrogens with zero attached hydrogens (tertiary/aromatic N) is 1. The number of alkyl halides is 3. The van der Waals surface area contributed by atoms with E-state index >= 15 is 0 Å². The van der Waals surface area contributed by atoms with Crippen molar-refractivity contribution in [1.82, 2.24) is 4.57 Å². The highest BCUT2D eigenvalue weighted by atomic mass is 79.9. The quantitative estimate of drug-likeness (QED) is 0.927. The van der Waals surface area contributed by atoms with Crippen molar-refractivity contribution in [3.8, 4) is 0 Å². The molecule has 0 aromatic carbocycles. The van der Waals surface area contributed by atoms with Crippen molar-refractivity contribution in [2.75, 3.05) is 6.54 Å². The molecule has 0 atom stereocenters. The van der Waals surface area contributed by atoms with Gasteiger partial charge in [-0.15, -0.1) is 0 Å². The molecule has 0 radical (unpaired) electrons. The highest BCUT2D eigenvalue weighted by Gasteiger charge is 2.31. The Hall–Kier alpha value is -0.820. The summed E-state index contributed by atoms with van der Waals surface area (Å²) in [6.45, 7) is 0.498. The zero-order chi connectivity index (χ0) is 12.3. The van der Waals surface area contributed by atoms with Crippen molar-refractivity contribution >= 4 is 15.9 Å². The lowest BCUT2D eigenvalue weighted by molar-refractivity contribution is -0.138. The van der Waals surface area contributed by atoms with Crippen molar-refractivity contribution < 1.29 is 13.2 Å². The number of aromatic nitrogens is 1. The number of rotatable bonds is 3. The third-order valence-corrected chi connectivity index (χ3v) is 2.54. The van der Waals surface area contributed by atoms with Gasteiger partial charge < -0.3 is 10.3 Å². The summed E-state index contributed by atoms with van der Waals surface area (Å²) in [7, 11) is 0. The summed E-state index contributed by atoms with van der Waals surface area (Å²) in [5.74, 6) is 0. The van der Waals surface area contributed by atoms with Crippen LogP contribution < -0.4 is 11.3 Å². The molecule has 1 heterocycles. The topological polar surface area (TPSA) is 48.0 Å². The first-order chi connectivity index (χ1) is 7.36. The Morgan fingerprint density at radius 3 is 2.56 bits per heavy atom. The molecule has 7 heteroatoms. The SMILES string of the molecule is NCCCn1cc(C(F)(F)F)cc(Br)c1=O. The summed E-state index contributed by atoms with van der Waals surface area (Å²) < 4.78 is 38.2. The molecule has 0 saturated carbocycles. The lowest BCUT2D eigenvalue weighted by Gasteiger charge is -2.11. The largest absolute Gasteiger partial charge is 0.417 e. The number of hydrogen-bond donors (Lipinski definition) is 1. The fraction of sp³-hybridized carbons (Fsp3) is 0.444.